The Bertz CT molecular complexity index is 600. The summed E-state index contributed by atoms with van der Waals surface area (Å²) in [5, 5.41) is 1.27. The molecule has 25 heavy (non-hydrogen) atoms. The summed E-state index contributed by atoms with van der Waals surface area (Å²) in [5.41, 5.74) is 5.64. The van der Waals surface area contributed by atoms with Gasteiger partial charge in [-0.2, -0.15) is 0 Å². The van der Waals surface area contributed by atoms with E-state index in [-0.39, 0.29) is 0 Å². The van der Waals surface area contributed by atoms with E-state index in [9.17, 15) is 0 Å². The third-order valence-electron chi connectivity index (χ3n) is 5.79. The summed E-state index contributed by atoms with van der Waals surface area (Å²) in [6.07, 6.45) is 8.02. The number of nitrogens with zero attached hydrogens (tertiary/aromatic N) is 2. The van der Waals surface area contributed by atoms with Crippen LogP contribution in [-0.2, 0) is 0 Å². The first-order chi connectivity index (χ1) is 12.1. The molecule has 3 heteroatoms. The zero-order valence-electron chi connectivity index (χ0n) is 17.1. The van der Waals surface area contributed by atoms with E-state index in [1.807, 2.05) is 25.6 Å². The first-order valence-corrected chi connectivity index (χ1v) is 11.1. The van der Waals surface area contributed by atoms with Gasteiger partial charge in [0, 0.05) is 12.3 Å². The maximum Gasteiger partial charge on any atom is 0.164 e. The van der Waals surface area contributed by atoms with Gasteiger partial charge in [0.05, 0.1) is 11.2 Å². The molecule has 1 aromatic carbocycles. The van der Waals surface area contributed by atoms with Crippen molar-refractivity contribution in [2.24, 2.45) is 4.99 Å². The lowest BCUT2D eigenvalue weighted by Crippen LogP contribution is -2.45. The Kier molecular flexibility index (Phi) is 7.42. The van der Waals surface area contributed by atoms with E-state index >= 15 is 0 Å². The SMILES string of the molecule is CC.CCCCN1C(=Nc2ccc(C)c(C)c2C)SCC12CCCC2. The Morgan fingerprint density at radius 2 is 1.76 bits per heavy atom. The Hall–Kier alpha value is -0.960. The highest BCUT2D eigenvalue weighted by Gasteiger charge is 2.46. The molecule has 0 unspecified atom stereocenters. The van der Waals surface area contributed by atoms with Crippen LogP contribution in [0.5, 0.6) is 0 Å². The largest absolute Gasteiger partial charge is 0.345 e. The van der Waals surface area contributed by atoms with Crippen LogP contribution in [0.3, 0.4) is 0 Å². The average molecular weight is 361 g/mol. The van der Waals surface area contributed by atoms with Crippen LogP contribution in [0.15, 0.2) is 17.1 Å². The van der Waals surface area contributed by atoms with Crippen molar-refractivity contribution in [1.29, 1.82) is 0 Å². The van der Waals surface area contributed by atoms with Gasteiger partial charge in [0.2, 0.25) is 0 Å². The summed E-state index contributed by atoms with van der Waals surface area (Å²) in [5.74, 6) is 1.24. The molecule has 1 aliphatic heterocycles. The van der Waals surface area contributed by atoms with Crippen LogP contribution in [0, 0.1) is 20.8 Å². The van der Waals surface area contributed by atoms with Crippen LogP contribution < -0.4 is 0 Å². The van der Waals surface area contributed by atoms with E-state index in [0.29, 0.717) is 5.54 Å². The molecular formula is C22H36N2S. The van der Waals surface area contributed by atoms with E-state index in [1.165, 1.54) is 72.7 Å². The predicted octanol–water partition coefficient (Wildman–Crippen LogP) is 6.79. The van der Waals surface area contributed by atoms with Crippen LogP contribution in [0.1, 0.15) is 76.0 Å². The van der Waals surface area contributed by atoms with Crippen molar-refractivity contribution in [3.8, 4) is 0 Å². The van der Waals surface area contributed by atoms with Gasteiger partial charge in [-0.05, 0) is 62.8 Å². The average Bonchev–Trinajstić information content (AvgIpc) is 3.24. The van der Waals surface area contributed by atoms with Crippen molar-refractivity contribution < 1.29 is 0 Å². The molecule has 1 spiro atoms. The Morgan fingerprint density at radius 1 is 1.08 bits per heavy atom. The first kappa shape index (κ1) is 20.4. The van der Waals surface area contributed by atoms with Crippen molar-refractivity contribution in [3.63, 3.8) is 0 Å². The third-order valence-corrected chi connectivity index (χ3v) is 7.04. The molecule has 1 aliphatic carbocycles. The number of aryl methyl sites for hydroxylation is 1. The summed E-state index contributed by atoms with van der Waals surface area (Å²) < 4.78 is 0. The summed E-state index contributed by atoms with van der Waals surface area (Å²) in [6.45, 7) is 14.1. The summed E-state index contributed by atoms with van der Waals surface area (Å²) in [4.78, 5) is 7.79. The standard InChI is InChI=1S/C20H30N2S.C2H6/c1-5-6-13-22-19(23-14-20(22)11-7-8-12-20)21-18-10-9-15(2)16(3)17(18)4;1-2/h9-10H,5-8,11-14H2,1-4H3;1-2H3. The van der Waals surface area contributed by atoms with Gasteiger partial charge in [-0.15, -0.1) is 0 Å². The molecule has 1 saturated carbocycles. The van der Waals surface area contributed by atoms with Gasteiger partial charge >= 0.3 is 0 Å². The molecular weight excluding hydrogens is 324 g/mol. The number of aliphatic imine (C=N–C) groups is 1. The van der Waals surface area contributed by atoms with E-state index < -0.39 is 0 Å². The molecule has 3 rings (SSSR count). The maximum atomic E-state index is 5.12. The molecule has 0 radical (unpaired) electrons. The minimum Gasteiger partial charge on any atom is -0.345 e. The summed E-state index contributed by atoms with van der Waals surface area (Å²) in [6, 6.07) is 4.41. The molecule has 0 bridgehead atoms. The Labute approximate surface area is 159 Å². The fraction of sp³-hybridized carbons (Fsp3) is 0.682. The lowest BCUT2D eigenvalue weighted by atomic mass is 9.98. The van der Waals surface area contributed by atoms with Crippen molar-refractivity contribution >= 4 is 22.6 Å². The van der Waals surface area contributed by atoms with Crippen LogP contribution in [-0.4, -0.2) is 27.9 Å². The van der Waals surface area contributed by atoms with Crippen molar-refractivity contribution in [3.05, 3.63) is 28.8 Å². The van der Waals surface area contributed by atoms with Crippen molar-refractivity contribution in [2.45, 2.75) is 85.6 Å². The van der Waals surface area contributed by atoms with E-state index in [4.69, 9.17) is 4.99 Å². The number of thioether (sulfide) groups is 1. The highest BCUT2D eigenvalue weighted by atomic mass is 32.2. The number of hydrogen-bond donors (Lipinski definition) is 0. The second-order valence-corrected chi connectivity index (χ2v) is 8.21. The number of unbranched alkanes of at least 4 members (excludes halogenated alkanes) is 1. The van der Waals surface area contributed by atoms with E-state index in [1.54, 1.807) is 0 Å². The van der Waals surface area contributed by atoms with Gasteiger partial charge in [0.15, 0.2) is 5.17 Å². The molecule has 2 aliphatic rings. The fourth-order valence-electron chi connectivity index (χ4n) is 3.91. The lowest BCUT2D eigenvalue weighted by Gasteiger charge is -2.35. The number of benzene rings is 1. The highest BCUT2D eigenvalue weighted by molar-refractivity contribution is 8.14. The van der Waals surface area contributed by atoms with E-state index in [2.05, 4.69) is 44.7 Å². The highest BCUT2D eigenvalue weighted by Crippen LogP contribution is 2.45. The molecule has 2 nitrogen and oxygen atoms in total. The van der Waals surface area contributed by atoms with Gasteiger partial charge < -0.3 is 4.90 Å². The molecule has 0 N–H and O–H groups in total. The van der Waals surface area contributed by atoms with Crippen molar-refractivity contribution in [1.82, 2.24) is 4.90 Å². The molecule has 0 amide bonds. The minimum atomic E-state index is 0.409. The quantitative estimate of drug-likeness (QED) is 0.587. The van der Waals surface area contributed by atoms with Gasteiger partial charge in [-0.3, -0.25) is 0 Å². The van der Waals surface area contributed by atoms with Gasteiger partial charge in [-0.25, -0.2) is 4.99 Å². The maximum absolute atomic E-state index is 5.12. The zero-order valence-corrected chi connectivity index (χ0v) is 17.9. The molecule has 1 heterocycles. The van der Waals surface area contributed by atoms with Crippen LogP contribution >= 0.6 is 11.8 Å². The molecule has 140 valence electrons. The minimum absolute atomic E-state index is 0.409. The molecule has 1 saturated heterocycles. The second-order valence-electron chi connectivity index (χ2n) is 7.27. The number of amidine groups is 1. The van der Waals surface area contributed by atoms with Crippen LogP contribution in [0.4, 0.5) is 5.69 Å². The first-order valence-electron chi connectivity index (χ1n) is 10.1. The van der Waals surface area contributed by atoms with E-state index in [0.717, 1.165) is 5.69 Å². The monoisotopic (exact) mass is 360 g/mol. The second kappa shape index (κ2) is 9.12. The molecule has 2 fully saturated rings. The zero-order chi connectivity index (χ0) is 18.4. The van der Waals surface area contributed by atoms with Crippen LogP contribution in [0.2, 0.25) is 0 Å². The topological polar surface area (TPSA) is 15.6 Å². The van der Waals surface area contributed by atoms with Crippen LogP contribution in [0.25, 0.3) is 0 Å². The molecule has 0 aromatic heterocycles. The Balaban J connectivity index is 0.00000109. The normalized spacial score (nSPS) is 20.2. The molecule has 0 atom stereocenters. The van der Waals surface area contributed by atoms with Gasteiger partial charge in [-0.1, -0.05) is 57.9 Å². The summed E-state index contributed by atoms with van der Waals surface area (Å²) in [7, 11) is 0. The Morgan fingerprint density at radius 3 is 2.40 bits per heavy atom. The third kappa shape index (κ3) is 4.24. The lowest BCUT2D eigenvalue weighted by molar-refractivity contribution is 0.214. The molecule has 1 aromatic rings. The number of hydrogen-bond acceptors (Lipinski definition) is 2. The number of rotatable bonds is 4. The summed E-state index contributed by atoms with van der Waals surface area (Å²) >= 11 is 1.99. The van der Waals surface area contributed by atoms with Gasteiger partial charge in [0.25, 0.3) is 0 Å². The predicted molar refractivity (Wildman–Crippen MR) is 114 cm³/mol. The van der Waals surface area contributed by atoms with Crippen molar-refractivity contribution in [2.75, 3.05) is 12.3 Å². The fourth-order valence-corrected chi connectivity index (χ4v) is 5.36. The van der Waals surface area contributed by atoms with Gasteiger partial charge in [0.1, 0.15) is 0 Å². The smallest absolute Gasteiger partial charge is 0.164 e.